The number of hydrogen-bond acceptors (Lipinski definition) is 7. The molecule has 4 rings (SSSR count). The summed E-state index contributed by atoms with van der Waals surface area (Å²) in [5, 5.41) is 8.11. The van der Waals surface area contributed by atoms with Gasteiger partial charge in [0.25, 0.3) is 0 Å². The topological polar surface area (TPSA) is 91.7 Å². The summed E-state index contributed by atoms with van der Waals surface area (Å²) in [4.78, 5) is 26.6. The molecular weight excluding hydrogens is 470 g/mol. The molecule has 0 unspecified atom stereocenters. The third-order valence-corrected chi connectivity index (χ3v) is 6.17. The average molecular weight is 502 g/mol. The van der Waals surface area contributed by atoms with Crippen LogP contribution in [0.1, 0.15) is 39.2 Å². The molecule has 0 spiro atoms. The molecule has 0 atom stereocenters. The fraction of sp³-hybridized carbons (Fsp3) is 0.276. The van der Waals surface area contributed by atoms with E-state index in [0.29, 0.717) is 39.5 Å². The molecule has 0 radical (unpaired) electrons. The van der Waals surface area contributed by atoms with Crippen LogP contribution in [0.2, 0.25) is 0 Å². The summed E-state index contributed by atoms with van der Waals surface area (Å²) in [5.74, 6) is -1.11. The van der Waals surface area contributed by atoms with Crippen molar-refractivity contribution in [3.8, 4) is 22.7 Å². The van der Waals surface area contributed by atoms with Crippen molar-refractivity contribution in [2.24, 2.45) is 0 Å². The van der Waals surface area contributed by atoms with E-state index in [9.17, 15) is 9.59 Å². The molecule has 1 aromatic heterocycles. The maximum absolute atomic E-state index is 13.3. The Balaban J connectivity index is 2.02. The largest absolute Gasteiger partial charge is 0.497 e. The molecule has 0 bridgehead atoms. The van der Waals surface area contributed by atoms with Gasteiger partial charge in [-0.05, 0) is 52.0 Å². The number of methoxy groups -OCH3 is 1. The minimum absolute atomic E-state index is 0.200. The van der Waals surface area contributed by atoms with Crippen molar-refractivity contribution in [1.29, 1.82) is 0 Å². The fourth-order valence-electron chi connectivity index (χ4n) is 4.57. The fourth-order valence-corrected chi connectivity index (χ4v) is 4.57. The smallest absolute Gasteiger partial charge is 0.336 e. The second-order valence-corrected chi connectivity index (χ2v) is 8.52. The number of nitrogens with zero attached hydrogens (tertiary/aromatic N) is 2. The van der Waals surface area contributed by atoms with Crippen LogP contribution in [0.25, 0.3) is 16.9 Å². The molecule has 0 saturated heterocycles. The number of carbonyl (C=O) groups excluding carboxylic acids is 2. The van der Waals surface area contributed by atoms with E-state index in [4.69, 9.17) is 19.3 Å². The number of dihydropyridines is 1. The van der Waals surface area contributed by atoms with Crippen molar-refractivity contribution in [2.45, 2.75) is 33.6 Å². The molecule has 0 amide bonds. The molecule has 0 saturated carbocycles. The molecule has 2 heterocycles. The third-order valence-electron chi connectivity index (χ3n) is 6.17. The van der Waals surface area contributed by atoms with Crippen LogP contribution in [-0.4, -0.2) is 42.0 Å². The van der Waals surface area contributed by atoms with Gasteiger partial charge in [0.1, 0.15) is 5.75 Å². The number of allylic oxidation sites excluding steroid dienone is 2. The van der Waals surface area contributed by atoms with Crippen LogP contribution in [0.5, 0.6) is 5.75 Å². The van der Waals surface area contributed by atoms with Gasteiger partial charge >= 0.3 is 11.9 Å². The Hall–Kier alpha value is -4.33. The number of aromatic nitrogens is 2. The summed E-state index contributed by atoms with van der Waals surface area (Å²) in [7, 11) is 1.60. The number of para-hydroxylation sites is 1. The minimum Gasteiger partial charge on any atom is -0.497 e. The van der Waals surface area contributed by atoms with Gasteiger partial charge in [0.2, 0.25) is 0 Å². The highest BCUT2D eigenvalue weighted by molar-refractivity contribution is 6.00. The number of benzene rings is 2. The molecular formula is C29H31N3O5. The third kappa shape index (κ3) is 5.14. The second-order valence-electron chi connectivity index (χ2n) is 8.52. The first-order valence-corrected chi connectivity index (χ1v) is 12.2. The Kier molecular flexibility index (Phi) is 7.77. The lowest BCUT2D eigenvalue weighted by molar-refractivity contribution is -0.139. The normalized spacial score (nSPS) is 13.9. The van der Waals surface area contributed by atoms with Gasteiger partial charge in [-0.25, -0.2) is 14.3 Å². The number of rotatable bonds is 8. The zero-order chi connectivity index (χ0) is 26.5. The average Bonchev–Trinajstić information content (AvgIpc) is 3.34. The van der Waals surface area contributed by atoms with E-state index in [0.717, 1.165) is 11.3 Å². The zero-order valence-electron chi connectivity index (χ0n) is 21.7. The summed E-state index contributed by atoms with van der Waals surface area (Å²) >= 11 is 0. The van der Waals surface area contributed by atoms with E-state index in [1.165, 1.54) is 0 Å². The van der Waals surface area contributed by atoms with Crippen molar-refractivity contribution >= 4 is 11.9 Å². The highest BCUT2D eigenvalue weighted by atomic mass is 16.5. The molecule has 1 N–H and O–H groups in total. The summed E-state index contributed by atoms with van der Waals surface area (Å²) in [6.45, 7) is 7.51. The van der Waals surface area contributed by atoms with Gasteiger partial charge < -0.3 is 19.5 Å². The van der Waals surface area contributed by atoms with Crippen molar-refractivity contribution in [1.82, 2.24) is 15.1 Å². The molecule has 2 aromatic carbocycles. The SMILES string of the molecule is CCOC(=O)C1=C(C)NC(C)=C(C(=O)OCC)C1c1cn(-c2ccccc2)nc1-c1cccc(OC)c1. The lowest BCUT2D eigenvalue weighted by Crippen LogP contribution is -2.32. The summed E-state index contributed by atoms with van der Waals surface area (Å²) in [6.07, 6.45) is 1.86. The lowest BCUT2D eigenvalue weighted by Gasteiger charge is -2.30. The van der Waals surface area contributed by atoms with Gasteiger partial charge in [0, 0.05) is 28.7 Å². The van der Waals surface area contributed by atoms with Crippen molar-refractivity contribution < 1.29 is 23.8 Å². The van der Waals surface area contributed by atoms with Gasteiger partial charge in [-0.15, -0.1) is 0 Å². The van der Waals surface area contributed by atoms with Crippen LogP contribution in [0, 0.1) is 0 Å². The van der Waals surface area contributed by atoms with Crippen molar-refractivity contribution in [3.05, 3.63) is 88.9 Å². The van der Waals surface area contributed by atoms with Crippen LogP contribution in [0.15, 0.2) is 83.3 Å². The van der Waals surface area contributed by atoms with Gasteiger partial charge in [0.05, 0.1) is 48.8 Å². The Bertz CT molecular complexity index is 1330. The van der Waals surface area contributed by atoms with Crippen LogP contribution in [-0.2, 0) is 19.1 Å². The van der Waals surface area contributed by atoms with E-state index < -0.39 is 17.9 Å². The molecule has 0 aliphatic carbocycles. The molecule has 8 nitrogen and oxygen atoms in total. The first-order chi connectivity index (χ1) is 17.9. The number of hydrogen-bond donors (Lipinski definition) is 1. The van der Waals surface area contributed by atoms with Crippen molar-refractivity contribution in [2.75, 3.05) is 20.3 Å². The Morgan fingerprint density at radius 3 is 2.11 bits per heavy atom. The van der Waals surface area contributed by atoms with Crippen LogP contribution >= 0.6 is 0 Å². The second kappa shape index (κ2) is 11.2. The Morgan fingerprint density at radius 1 is 0.919 bits per heavy atom. The minimum atomic E-state index is -0.766. The lowest BCUT2D eigenvalue weighted by atomic mass is 9.79. The molecule has 8 heteroatoms. The van der Waals surface area contributed by atoms with Gasteiger partial charge in [-0.2, -0.15) is 5.10 Å². The van der Waals surface area contributed by atoms with E-state index in [2.05, 4.69) is 5.32 Å². The van der Waals surface area contributed by atoms with E-state index in [-0.39, 0.29) is 13.2 Å². The highest BCUT2D eigenvalue weighted by Crippen LogP contribution is 2.43. The maximum Gasteiger partial charge on any atom is 0.336 e. The quantitative estimate of drug-likeness (QED) is 0.439. The molecule has 1 aliphatic heterocycles. The van der Waals surface area contributed by atoms with E-state index >= 15 is 0 Å². The first kappa shape index (κ1) is 25.8. The molecule has 3 aromatic rings. The van der Waals surface area contributed by atoms with E-state index in [1.54, 1.807) is 39.5 Å². The molecule has 37 heavy (non-hydrogen) atoms. The number of esters is 2. The van der Waals surface area contributed by atoms with Gasteiger partial charge in [-0.1, -0.05) is 30.3 Å². The summed E-state index contributed by atoms with van der Waals surface area (Å²) in [6, 6.07) is 17.2. The standard InChI is InChI=1S/C29H31N3O5/c1-6-36-28(33)24-18(3)30-19(4)25(29(34)37-7-2)26(24)23-17-32(21-13-9-8-10-14-21)31-27(23)20-12-11-15-22(16-20)35-5/h8-17,26,30H,6-7H2,1-5H3. The van der Waals surface area contributed by atoms with Crippen LogP contribution in [0.3, 0.4) is 0 Å². The molecule has 0 fully saturated rings. The Labute approximate surface area is 216 Å². The number of carbonyl (C=O) groups is 2. The van der Waals surface area contributed by atoms with Gasteiger partial charge in [-0.3, -0.25) is 0 Å². The summed E-state index contributed by atoms with van der Waals surface area (Å²) < 4.78 is 18.1. The van der Waals surface area contributed by atoms with Gasteiger partial charge in [0.15, 0.2) is 0 Å². The highest BCUT2D eigenvalue weighted by Gasteiger charge is 2.40. The molecule has 1 aliphatic rings. The predicted octanol–water partition coefficient (Wildman–Crippen LogP) is 4.91. The van der Waals surface area contributed by atoms with Crippen LogP contribution in [0.4, 0.5) is 0 Å². The maximum atomic E-state index is 13.3. The predicted molar refractivity (Wildman–Crippen MR) is 140 cm³/mol. The zero-order valence-corrected chi connectivity index (χ0v) is 21.7. The monoisotopic (exact) mass is 501 g/mol. The van der Waals surface area contributed by atoms with Crippen LogP contribution < -0.4 is 10.1 Å². The van der Waals surface area contributed by atoms with E-state index in [1.807, 2.05) is 60.8 Å². The Morgan fingerprint density at radius 2 is 1.54 bits per heavy atom. The van der Waals surface area contributed by atoms with Crippen molar-refractivity contribution in [3.63, 3.8) is 0 Å². The number of ether oxygens (including phenoxy) is 3. The first-order valence-electron chi connectivity index (χ1n) is 12.2. The molecule has 192 valence electrons. The number of nitrogens with one attached hydrogen (secondary N) is 1. The summed E-state index contributed by atoms with van der Waals surface area (Å²) in [5.41, 5.74) is 4.80.